The van der Waals surface area contributed by atoms with Gasteiger partial charge in [0.05, 0.1) is 11.4 Å². The van der Waals surface area contributed by atoms with Crippen LogP contribution >= 0.6 is 0 Å². The molecule has 5 heteroatoms. The van der Waals surface area contributed by atoms with Gasteiger partial charge >= 0.3 is 0 Å². The fourth-order valence-electron chi connectivity index (χ4n) is 0.690. The van der Waals surface area contributed by atoms with E-state index in [1.807, 2.05) is 0 Å². The molecule has 0 aliphatic carbocycles. The van der Waals surface area contributed by atoms with Crippen LogP contribution in [0.3, 0.4) is 0 Å². The van der Waals surface area contributed by atoms with Crippen molar-refractivity contribution in [3.8, 4) is 0 Å². The number of nitrogens with two attached hydrogens (primary N) is 2. The molecular weight excluding hydrogens is 147 g/mol. The molecule has 0 spiro atoms. The van der Waals surface area contributed by atoms with Gasteiger partial charge in [-0.2, -0.15) is 5.11 Å². The molecule has 0 bridgehead atoms. The van der Waals surface area contributed by atoms with E-state index in [2.05, 4.69) is 5.11 Å². The van der Waals surface area contributed by atoms with Gasteiger partial charge in [-0.25, -0.2) is 9.92 Å². The van der Waals surface area contributed by atoms with Crippen LogP contribution in [0.2, 0.25) is 0 Å². The first-order valence-corrected chi connectivity index (χ1v) is 2.87. The fourth-order valence-corrected chi connectivity index (χ4v) is 0.690. The van der Waals surface area contributed by atoms with E-state index in [-0.39, 0.29) is 17.1 Å². The zero-order valence-corrected chi connectivity index (χ0v) is 5.63. The molecule has 1 aromatic rings. The number of anilines is 2. The second kappa shape index (κ2) is 2.53. The van der Waals surface area contributed by atoms with Crippen LogP contribution < -0.4 is 11.5 Å². The number of hydrogen-bond donors (Lipinski definition) is 3. The zero-order valence-electron chi connectivity index (χ0n) is 5.63. The minimum atomic E-state index is -0.588. The third-order valence-corrected chi connectivity index (χ3v) is 1.27. The van der Waals surface area contributed by atoms with Crippen molar-refractivity contribution in [2.24, 2.45) is 5.11 Å². The van der Waals surface area contributed by atoms with Gasteiger partial charge < -0.3 is 11.5 Å². The molecule has 58 valence electrons. The molecule has 4 nitrogen and oxygen atoms in total. The maximum atomic E-state index is 12.6. The average Bonchev–Trinajstić information content (AvgIpc) is 1.97. The van der Waals surface area contributed by atoms with Crippen molar-refractivity contribution in [3.05, 3.63) is 17.9 Å². The largest absolute Gasteiger partial charge is 0.397 e. The Morgan fingerprint density at radius 2 is 1.91 bits per heavy atom. The summed E-state index contributed by atoms with van der Waals surface area (Å²) in [5, 5.41) is 3.05. The Morgan fingerprint density at radius 1 is 1.27 bits per heavy atom. The molecule has 0 unspecified atom stereocenters. The number of halogens is 1. The molecule has 0 amide bonds. The molecule has 0 aliphatic heterocycles. The molecule has 1 rings (SSSR count). The van der Waals surface area contributed by atoms with E-state index in [4.69, 9.17) is 17.0 Å². The number of nitrogen functional groups attached to an aromatic ring is 2. The molecule has 0 fully saturated rings. The van der Waals surface area contributed by atoms with E-state index in [0.29, 0.717) is 0 Å². The Labute approximate surface area is 62.5 Å². The van der Waals surface area contributed by atoms with Gasteiger partial charge in [0, 0.05) is 6.07 Å². The Bertz CT molecular complexity index is 297. The van der Waals surface area contributed by atoms with Gasteiger partial charge in [0.2, 0.25) is 0 Å². The van der Waals surface area contributed by atoms with Crippen molar-refractivity contribution >= 4 is 17.1 Å². The first-order valence-electron chi connectivity index (χ1n) is 2.87. The van der Waals surface area contributed by atoms with Gasteiger partial charge in [-0.05, 0) is 6.07 Å². The van der Waals surface area contributed by atoms with Crippen LogP contribution in [0.4, 0.5) is 21.5 Å². The number of nitrogens with one attached hydrogen (secondary N) is 1. The van der Waals surface area contributed by atoms with Crippen LogP contribution in [0.1, 0.15) is 0 Å². The Morgan fingerprint density at radius 3 is 2.45 bits per heavy atom. The van der Waals surface area contributed by atoms with Crippen molar-refractivity contribution in [1.82, 2.24) is 0 Å². The minimum absolute atomic E-state index is 0.0507. The second-order valence-electron chi connectivity index (χ2n) is 2.04. The highest BCUT2D eigenvalue weighted by Gasteiger charge is 2.03. The monoisotopic (exact) mass is 154 g/mol. The molecule has 0 aliphatic rings. The lowest BCUT2D eigenvalue weighted by Gasteiger charge is -2.00. The molecule has 0 atom stereocenters. The van der Waals surface area contributed by atoms with Gasteiger partial charge in [-0.15, -0.1) is 0 Å². The molecule has 0 radical (unpaired) electrons. The zero-order chi connectivity index (χ0) is 8.43. The summed E-state index contributed by atoms with van der Waals surface area (Å²) in [5.74, 6) is -0.588. The van der Waals surface area contributed by atoms with Crippen LogP contribution in [0.15, 0.2) is 17.2 Å². The highest BCUT2D eigenvalue weighted by Crippen LogP contribution is 2.26. The van der Waals surface area contributed by atoms with Gasteiger partial charge in [-0.1, -0.05) is 0 Å². The lowest BCUT2D eigenvalue weighted by Crippen LogP contribution is -1.93. The van der Waals surface area contributed by atoms with Crippen molar-refractivity contribution in [2.75, 3.05) is 11.5 Å². The molecule has 0 heterocycles. The lowest BCUT2D eigenvalue weighted by atomic mass is 10.2. The average molecular weight is 154 g/mol. The molecule has 1 aromatic carbocycles. The molecule has 5 N–H and O–H groups in total. The number of rotatable bonds is 1. The summed E-state index contributed by atoms with van der Waals surface area (Å²) in [5.41, 5.74) is 17.4. The van der Waals surface area contributed by atoms with Crippen LogP contribution in [0.25, 0.3) is 0 Å². The summed E-state index contributed by atoms with van der Waals surface area (Å²) >= 11 is 0. The van der Waals surface area contributed by atoms with Crippen LogP contribution in [-0.2, 0) is 0 Å². The normalized spacial score (nSPS) is 9.55. The topological polar surface area (TPSA) is 88.2 Å². The van der Waals surface area contributed by atoms with E-state index in [1.165, 1.54) is 6.07 Å². The van der Waals surface area contributed by atoms with E-state index >= 15 is 0 Å². The standard InChI is InChI=1S/C6H7FN4/c7-3-1-5(9)6(11-10)2-4(3)8/h1-2,10H,8-9H2. The van der Waals surface area contributed by atoms with Crippen molar-refractivity contribution in [2.45, 2.75) is 0 Å². The van der Waals surface area contributed by atoms with E-state index in [1.54, 1.807) is 0 Å². The van der Waals surface area contributed by atoms with Crippen molar-refractivity contribution < 1.29 is 4.39 Å². The summed E-state index contributed by atoms with van der Waals surface area (Å²) in [6, 6.07) is 2.26. The third-order valence-electron chi connectivity index (χ3n) is 1.27. The predicted octanol–water partition coefficient (Wildman–Crippen LogP) is 1.65. The predicted molar refractivity (Wildman–Crippen MR) is 40.0 cm³/mol. The van der Waals surface area contributed by atoms with Gasteiger partial charge in [0.15, 0.2) is 0 Å². The van der Waals surface area contributed by atoms with E-state index in [0.717, 1.165) is 6.07 Å². The maximum absolute atomic E-state index is 12.6. The van der Waals surface area contributed by atoms with Crippen molar-refractivity contribution in [1.29, 1.82) is 5.53 Å². The minimum Gasteiger partial charge on any atom is -0.397 e. The highest BCUT2D eigenvalue weighted by atomic mass is 19.1. The number of nitrogens with zero attached hydrogens (tertiary/aromatic N) is 1. The van der Waals surface area contributed by atoms with Crippen LogP contribution in [0.5, 0.6) is 0 Å². The Kier molecular flexibility index (Phi) is 1.72. The first-order chi connectivity index (χ1) is 5.15. The Hall–Kier alpha value is -1.65. The number of hydrogen-bond acceptors (Lipinski definition) is 4. The Balaban J connectivity index is 3.31. The van der Waals surface area contributed by atoms with E-state index in [9.17, 15) is 4.39 Å². The second-order valence-corrected chi connectivity index (χ2v) is 2.04. The molecular formula is C6H7FN4. The smallest absolute Gasteiger partial charge is 0.148 e. The highest BCUT2D eigenvalue weighted by molar-refractivity contribution is 5.67. The molecule has 0 aromatic heterocycles. The summed E-state index contributed by atoms with van der Waals surface area (Å²) in [6.45, 7) is 0. The third kappa shape index (κ3) is 1.26. The fraction of sp³-hybridized carbons (Fsp3) is 0. The summed E-state index contributed by atoms with van der Waals surface area (Å²) in [7, 11) is 0. The molecule has 0 saturated carbocycles. The first kappa shape index (κ1) is 7.46. The quantitative estimate of drug-likeness (QED) is 0.424. The molecule has 0 saturated heterocycles. The lowest BCUT2D eigenvalue weighted by molar-refractivity contribution is 0.633. The van der Waals surface area contributed by atoms with Crippen molar-refractivity contribution in [3.63, 3.8) is 0 Å². The summed E-state index contributed by atoms with van der Waals surface area (Å²) < 4.78 is 12.6. The summed E-state index contributed by atoms with van der Waals surface area (Å²) in [4.78, 5) is 0. The SMILES string of the molecule is N=Nc1cc(N)c(F)cc1N. The van der Waals surface area contributed by atoms with Crippen LogP contribution in [0, 0.1) is 11.3 Å². The van der Waals surface area contributed by atoms with E-state index < -0.39 is 5.82 Å². The van der Waals surface area contributed by atoms with Crippen LogP contribution in [-0.4, -0.2) is 0 Å². The number of benzene rings is 1. The molecule has 11 heavy (non-hydrogen) atoms. The van der Waals surface area contributed by atoms with Gasteiger partial charge in [0.25, 0.3) is 0 Å². The van der Waals surface area contributed by atoms with Gasteiger partial charge in [-0.3, -0.25) is 0 Å². The maximum Gasteiger partial charge on any atom is 0.148 e. The van der Waals surface area contributed by atoms with Gasteiger partial charge in [0.1, 0.15) is 11.5 Å². The summed E-state index contributed by atoms with van der Waals surface area (Å²) in [6.07, 6.45) is 0.